The molecule has 0 amide bonds. The second-order valence-electron chi connectivity index (χ2n) is 4.42. The van der Waals surface area contributed by atoms with Gasteiger partial charge in [0.25, 0.3) is 0 Å². The molecule has 0 aromatic heterocycles. The number of hydrogen-bond donors (Lipinski definition) is 0. The molecule has 2 aromatic carbocycles. The number of halogens is 2. The second kappa shape index (κ2) is 7.27. The van der Waals surface area contributed by atoms with Crippen LogP contribution in [0.3, 0.4) is 0 Å². The van der Waals surface area contributed by atoms with E-state index >= 15 is 0 Å². The van der Waals surface area contributed by atoms with Crippen molar-refractivity contribution in [2.75, 3.05) is 14.2 Å². The number of rotatable bonds is 4. The molecule has 112 valence electrons. The predicted molar refractivity (Wildman–Crippen MR) is 92.1 cm³/mol. The summed E-state index contributed by atoms with van der Waals surface area (Å²) in [6.45, 7) is 0. The van der Waals surface area contributed by atoms with Gasteiger partial charge < -0.3 is 9.47 Å². The first-order valence-corrected chi connectivity index (χ1v) is 7.46. The van der Waals surface area contributed by atoms with Crippen molar-refractivity contribution in [3.05, 3.63) is 56.9 Å². The highest BCUT2D eigenvalue weighted by atomic mass is 127. The number of allylic oxidation sites excluding steroid dienone is 1. The smallest absolute Gasteiger partial charge is 0.174 e. The Balaban J connectivity index is 2.51. The highest BCUT2D eigenvalue weighted by Crippen LogP contribution is 2.34. The molecule has 22 heavy (non-hydrogen) atoms. The summed E-state index contributed by atoms with van der Waals surface area (Å²) in [6.07, 6.45) is 1.69. The van der Waals surface area contributed by atoms with Crippen molar-refractivity contribution >= 4 is 34.2 Å². The topological polar surface area (TPSA) is 42.2 Å². The lowest BCUT2D eigenvalue weighted by Crippen LogP contribution is -1.94. The van der Waals surface area contributed by atoms with Gasteiger partial charge in [0.15, 0.2) is 11.5 Å². The maximum Gasteiger partial charge on any atom is 0.174 e. The van der Waals surface area contributed by atoms with Gasteiger partial charge in [-0.15, -0.1) is 0 Å². The number of nitriles is 1. The average Bonchev–Trinajstić information content (AvgIpc) is 2.51. The molecule has 0 aliphatic carbocycles. The van der Waals surface area contributed by atoms with Crippen molar-refractivity contribution in [2.24, 2.45) is 0 Å². The molecule has 0 saturated heterocycles. The maximum atomic E-state index is 13.3. The fourth-order valence-corrected chi connectivity index (χ4v) is 2.87. The summed E-state index contributed by atoms with van der Waals surface area (Å²) in [4.78, 5) is 0. The summed E-state index contributed by atoms with van der Waals surface area (Å²) in [6, 6.07) is 11.7. The number of methoxy groups -OCH3 is 2. The fourth-order valence-electron chi connectivity index (χ4n) is 2.02. The Morgan fingerprint density at radius 3 is 2.59 bits per heavy atom. The van der Waals surface area contributed by atoms with Gasteiger partial charge in [0.05, 0.1) is 29.4 Å². The third kappa shape index (κ3) is 3.57. The summed E-state index contributed by atoms with van der Waals surface area (Å²) in [5, 5.41) is 9.33. The minimum atomic E-state index is -0.374. The zero-order valence-corrected chi connectivity index (χ0v) is 14.2. The molecule has 0 bridgehead atoms. The van der Waals surface area contributed by atoms with Crippen LogP contribution in [0.1, 0.15) is 11.1 Å². The number of hydrogen-bond acceptors (Lipinski definition) is 3. The van der Waals surface area contributed by atoms with Crippen LogP contribution in [0.15, 0.2) is 36.4 Å². The SMILES string of the molecule is COc1cc(C=C(C#N)c2cccc(F)c2)cc(I)c1OC. The summed E-state index contributed by atoms with van der Waals surface area (Å²) in [5.41, 5.74) is 1.69. The van der Waals surface area contributed by atoms with E-state index in [9.17, 15) is 9.65 Å². The predicted octanol–water partition coefficient (Wildman–Crippen LogP) is 4.51. The standard InChI is InChI=1S/C17H13FINO2/c1-21-16-8-11(7-15(19)17(16)22-2)6-13(10-20)12-4-3-5-14(18)9-12/h3-9H,1-2H3. The summed E-state index contributed by atoms with van der Waals surface area (Å²) < 4.78 is 24.8. The first kappa shape index (κ1) is 16.3. The van der Waals surface area contributed by atoms with E-state index in [4.69, 9.17) is 9.47 Å². The molecule has 2 aromatic rings. The van der Waals surface area contributed by atoms with Gasteiger partial charge in [0.2, 0.25) is 0 Å². The Labute approximate surface area is 142 Å². The van der Waals surface area contributed by atoms with Gasteiger partial charge in [0, 0.05) is 0 Å². The molecule has 0 N–H and O–H groups in total. The molecule has 5 heteroatoms. The van der Waals surface area contributed by atoms with Crippen molar-refractivity contribution < 1.29 is 13.9 Å². The second-order valence-corrected chi connectivity index (χ2v) is 5.58. The van der Waals surface area contributed by atoms with E-state index in [-0.39, 0.29) is 5.82 Å². The van der Waals surface area contributed by atoms with Crippen molar-refractivity contribution in [1.82, 2.24) is 0 Å². The molecule has 0 unspecified atom stereocenters. The zero-order valence-electron chi connectivity index (χ0n) is 12.1. The summed E-state index contributed by atoms with van der Waals surface area (Å²) in [7, 11) is 3.13. The molecular weight excluding hydrogens is 396 g/mol. The van der Waals surface area contributed by atoms with E-state index in [1.807, 2.05) is 6.07 Å². The van der Waals surface area contributed by atoms with E-state index in [0.717, 1.165) is 9.13 Å². The molecule has 0 fully saturated rings. The van der Waals surface area contributed by atoms with Crippen molar-refractivity contribution in [3.63, 3.8) is 0 Å². The van der Waals surface area contributed by atoms with Gasteiger partial charge >= 0.3 is 0 Å². The van der Waals surface area contributed by atoms with Crippen molar-refractivity contribution in [1.29, 1.82) is 5.26 Å². The lowest BCUT2D eigenvalue weighted by atomic mass is 10.0. The molecule has 0 heterocycles. The zero-order chi connectivity index (χ0) is 16.1. The number of benzene rings is 2. The van der Waals surface area contributed by atoms with Gasteiger partial charge in [-0.25, -0.2) is 4.39 Å². The third-order valence-corrected chi connectivity index (χ3v) is 3.82. The van der Waals surface area contributed by atoms with Crippen LogP contribution in [0.5, 0.6) is 11.5 Å². The van der Waals surface area contributed by atoms with Gasteiger partial charge in [-0.3, -0.25) is 0 Å². The Morgan fingerprint density at radius 1 is 1.23 bits per heavy atom. The summed E-state index contributed by atoms with van der Waals surface area (Å²) >= 11 is 2.14. The van der Waals surface area contributed by atoms with Crippen molar-refractivity contribution in [3.8, 4) is 17.6 Å². The highest BCUT2D eigenvalue weighted by Gasteiger charge is 2.10. The van der Waals surface area contributed by atoms with Crippen LogP contribution in [0.25, 0.3) is 11.6 Å². The Hall–Kier alpha value is -2.07. The molecule has 0 radical (unpaired) electrons. The van der Waals surface area contributed by atoms with E-state index in [2.05, 4.69) is 28.7 Å². The monoisotopic (exact) mass is 409 g/mol. The quantitative estimate of drug-likeness (QED) is 0.424. The van der Waals surface area contributed by atoms with Crippen LogP contribution >= 0.6 is 22.6 Å². The van der Waals surface area contributed by atoms with Crippen LogP contribution < -0.4 is 9.47 Å². The van der Waals surface area contributed by atoms with Crippen LogP contribution in [0.2, 0.25) is 0 Å². The van der Waals surface area contributed by atoms with E-state index in [1.165, 1.54) is 12.1 Å². The molecule has 2 rings (SSSR count). The molecule has 0 spiro atoms. The largest absolute Gasteiger partial charge is 0.493 e. The molecule has 0 aliphatic rings. The van der Waals surface area contributed by atoms with E-state index in [1.54, 1.807) is 38.5 Å². The van der Waals surface area contributed by atoms with Gasteiger partial charge in [-0.2, -0.15) is 5.26 Å². The normalized spacial score (nSPS) is 11.0. The van der Waals surface area contributed by atoms with Crippen LogP contribution in [-0.4, -0.2) is 14.2 Å². The third-order valence-electron chi connectivity index (χ3n) is 3.02. The Kier molecular flexibility index (Phi) is 5.39. The molecule has 3 nitrogen and oxygen atoms in total. The van der Waals surface area contributed by atoms with Gasteiger partial charge in [0.1, 0.15) is 5.82 Å². The molecule has 0 atom stereocenters. The van der Waals surface area contributed by atoms with Gasteiger partial charge in [-0.1, -0.05) is 12.1 Å². The van der Waals surface area contributed by atoms with Crippen molar-refractivity contribution in [2.45, 2.75) is 0 Å². The lowest BCUT2D eigenvalue weighted by molar-refractivity contribution is 0.353. The first-order valence-electron chi connectivity index (χ1n) is 6.38. The minimum absolute atomic E-state index is 0.374. The van der Waals surface area contributed by atoms with Gasteiger partial charge in [-0.05, 0) is 64.1 Å². The molecular formula is C17H13FINO2. The number of nitrogens with zero attached hydrogens (tertiary/aromatic N) is 1. The first-order chi connectivity index (χ1) is 10.6. The number of ether oxygens (including phenoxy) is 2. The van der Waals surface area contributed by atoms with E-state index < -0.39 is 0 Å². The van der Waals surface area contributed by atoms with Crippen LogP contribution in [0, 0.1) is 20.7 Å². The molecule has 0 aliphatic heterocycles. The Morgan fingerprint density at radius 2 is 2.00 bits per heavy atom. The van der Waals surface area contributed by atoms with Crippen LogP contribution in [0.4, 0.5) is 4.39 Å². The van der Waals surface area contributed by atoms with Crippen LogP contribution in [-0.2, 0) is 0 Å². The minimum Gasteiger partial charge on any atom is -0.493 e. The lowest BCUT2D eigenvalue weighted by Gasteiger charge is -2.10. The fraction of sp³-hybridized carbons (Fsp3) is 0.118. The maximum absolute atomic E-state index is 13.3. The molecule has 0 saturated carbocycles. The summed E-state index contributed by atoms with van der Waals surface area (Å²) in [5.74, 6) is 0.849. The van der Waals surface area contributed by atoms with E-state index in [0.29, 0.717) is 22.6 Å². The average molecular weight is 409 g/mol. The Bertz CT molecular complexity index is 766. The highest BCUT2D eigenvalue weighted by molar-refractivity contribution is 14.1.